The molecule has 2 atom stereocenters. The van der Waals surface area contributed by atoms with Crippen molar-refractivity contribution >= 4 is 0 Å². The summed E-state index contributed by atoms with van der Waals surface area (Å²) in [7, 11) is 0. The van der Waals surface area contributed by atoms with Crippen molar-refractivity contribution in [3.63, 3.8) is 0 Å². The molecule has 1 aromatic carbocycles. The smallest absolute Gasteiger partial charge is 0.0759 e. The molecule has 0 bridgehead atoms. The summed E-state index contributed by atoms with van der Waals surface area (Å²) in [5, 5.41) is 2.45. The van der Waals surface area contributed by atoms with Gasteiger partial charge in [-0.05, 0) is 37.2 Å². The topological polar surface area (TPSA) is 25.8 Å². The Morgan fingerprint density at radius 3 is 2.79 bits per heavy atom. The lowest BCUT2D eigenvalue weighted by Crippen LogP contribution is -2.84. The van der Waals surface area contributed by atoms with E-state index < -0.39 is 0 Å². The van der Waals surface area contributed by atoms with Crippen molar-refractivity contribution in [1.82, 2.24) is 0 Å². The zero-order chi connectivity index (χ0) is 13.3. The van der Waals surface area contributed by atoms with E-state index in [1.807, 2.05) is 0 Å². The van der Waals surface area contributed by atoms with E-state index in [4.69, 9.17) is 4.74 Å². The Morgan fingerprint density at radius 1 is 1.26 bits per heavy atom. The SMILES string of the molecule is CCC[NH2+]CC[C@H](Cc1ccccc1)[C@@H]1CCCO1. The quantitative estimate of drug-likeness (QED) is 0.715. The summed E-state index contributed by atoms with van der Waals surface area (Å²) in [6, 6.07) is 10.9. The number of rotatable bonds is 8. The molecular formula is C17H28NO+. The molecule has 1 aliphatic rings. The average molecular weight is 262 g/mol. The fourth-order valence-corrected chi connectivity index (χ4v) is 2.99. The van der Waals surface area contributed by atoms with Crippen molar-refractivity contribution < 1.29 is 10.1 Å². The maximum atomic E-state index is 5.93. The van der Waals surface area contributed by atoms with Crippen molar-refractivity contribution in [3.05, 3.63) is 35.9 Å². The number of hydrogen-bond donors (Lipinski definition) is 1. The van der Waals surface area contributed by atoms with E-state index in [2.05, 4.69) is 42.6 Å². The molecule has 1 aliphatic heterocycles. The van der Waals surface area contributed by atoms with Crippen LogP contribution in [-0.4, -0.2) is 25.8 Å². The third-order valence-corrected chi connectivity index (χ3v) is 4.07. The highest BCUT2D eigenvalue weighted by atomic mass is 16.5. The summed E-state index contributed by atoms with van der Waals surface area (Å²) < 4.78 is 5.93. The molecule has 1 aromatic rings. The Balaban J connectivity index is 1.86. The lowest BCUT2D eigenvalue weighted by atomic mass is 9.89. The van der Waals surface area contributed by atoms with E-state index in [-0.39, 0.29) is 0 Å². The highest BCUT2D eigenvalue weighted by Crippen LogP contribution is 2.25. The number of ether oxygens (including phenoxy) is 1. The number of quaternary nitrogens is 1. The third-order valence-electron chi connectivity index (χ3n) is 4.07. The molecule has 2 heteroatoms. The largest absolute Gasteiger partial charge is 0.378 e. The van der Waals surface area contributed by atoms with Gasteiger partial charge in [0.05, 0.1) is 19.2 Å². The second-order valence-electron chi connectivity index (χ2n) is 5.66. The summed E-state index contributed by atoms with van der Waals surface area (Å²) in [4.78, 5) is 0. The van der Waals surface area contributed by atoms with Crippen LogP contribution in [0.25, 0.3) is 0 Å². The third kappa shape index (κ3) is 4.96. The van der Waals surface area contributed by atoms with Crippen LogP contribution >= 0.6 is 0 Å². The molecule has 19 heavy (non-hydrogen) atoms. The van der Waals surface area contributed by atoms with Crippen LogP contribution in [0.2, 0.25) is 0 Å². The molecule has 0 aromatic heterocycles. The van der Waals surface area contributed by atoms with Crippen molar-refractivity contribution in [2.75, 3.05) is 19.7 Å². The van der Waals surface area contributed by atoms with Gasteiger partial charge in [-0.25, -0.2) is 0 Å². The van der Waals surface area contributed by atoms with Crippen molar-refractivity contribution in [1.29, 1.82) is 0 Å². The molecule has 0 aliphatic carbocycles. The Labute approximate surface area is 117 Å². The minimum absolute atomic E-state index is 0.496. The van der Waals surface area contributed by atoms with Crippen molar-refractivity contribution in [2.24, 2.45) is 5.92 Å². The van der Waals surface area contributed by atoms with E-state index >= 15 is 0 Å². The maximum absolute atomic E-state index is 5.93. The van der Waals surface area contributed by atoms with Crippen molar-refractivity contribution in [3.8, 4) is 0 Å². The first-order chi connectivity index (χ1) is 9.40. The van der Waals surface area contributed by atoms with Gasteiger partial charge in [-0.1, -0.05) is 37.3 Å². The van der Waals surface area contributed by atoms with Gasteiger partial charge in [0, 0.05) is 13.0 Å². The lowest BCUT2D eigenvalue weighted by molar-refractivity contribution is -0.655. The van der Waals surface area contributed by atoms with Gasteiger partial charge >= 0.3 is 0 Å². The van der Waals surface area contributed by atoms with Crippen LogP contribution in [0.4, 0.5) is 0 Å². The fraction of sp³-hybridized carbons (Fsp3) is 0.647. The summed E-state index contributed by atoms with van der Waals surface area (Å²) in [6.07, 6.45) is 6.71. The monoisotopic (exact) mass is 262 g/mol. The van der Waals surface area contributed by atoms with Crippen LogP contribution in [-0.2, 0) is 11.2 Å². The van der Waals surface area contributed by atoms with Crippen LogP contribution in [0.15, 0.2) is 30.3 Å². The van der Waals surface area contributed by atoms with Crippen LogP contribution in [0.3, 0.4) is 0 Å². The van der Waals surface area contributed by atoms with Gasteiger partial charge in [-0.3, -0.25) is 0 Å². The molecular weight excluding hydrogens is 234 g/mol. The van der Waals surface area contributed by atoms with E-state index in [1.165, 1.54) is 50.8 Å². The van der Waals surface area contributed by atoms with Gasteiger partial charge in [-0.2, -0.15) is 0 Å². The first-order valence-electron chi connectivity index (χ1n) is 7.87. The zero-order valence-electron chi connectivity index (χ0n) is 12.2. The predicted octanol–water partition coefficient (Wildman–Crippen LogP) is 2.39. The molecule has 2 rings (SSSR count). The number of hydrogen-bond acceptors (Lipinski definition) is 1. The van der Waals surface area contributed by atoms with E-state index in [0.29, 0.717) is 12.0 Å². The predicted molar refractivity (Wildman–Crippen MR) is 79.2 cm³/mol. The maximum Gasteiger partial charge on any atom is 0.0759 e. The van der Waals surface area contributed by atoms with Gasteiger partial charge in [0.15, 0.2) is 0 Å². The molecule has 106 valence electrons. The highest BCUT2D eigenvalue weighted by molar-refractivity contribution is 5.15. The average Bonchev–Trinajstić information content (AvgIpc) is 2.97. The van der Waals surface area contributed by atoms with Crippen LogP contribution < -0.4 is 5.32 Å². The molecule has 1 fully saturated rings. The van der Waals surface area contributed by atoms with Crippen LogP contribution in [0.1, 0.15) is 38.2 Å². The zero-order valence-corrected chi connectivity index (χ0v) is 12.2. The number of nitrogens with two attached hydrogens (primary N) is 1. The lowest BCUT2D eigenvalue weighted by Gasteiger charge is -2.22. The Hall–Kier alpha value is -0.860. The van der Waals surface area contributed by atoms with Gasteiger partial charge in [0.2, 0.25) is 0 Å². The first-order valence-corrected chi connectivity index (χ1v) is 7.87. The summed E-state index contributed by atoms with van der Waals surface area (Å²) in [5.41, 5.74) is 1.46. The normalized spacial score (nSPS) is 20.6. The van der Waals surface area contributed by atoms with Crippen LogP contribution in [0, 0.1) is 5.92 Å². The van der Waals surface area contributed by atoms with E-state index in [1.54, 1.807) is 0 Å². The first kappa shape index (κ1) is 14.5. The molecule has 2 nitrogen and oxygen atoms in total. The molecule has 0 amide bonds. The van der Waals surface area contributed by atoms with E-state index in [0.717, 1.165) is 6.61 Å². The highest BCUT2D eigenvalue weighted by Gasteiger charge is 2.26. The van der Waals surface area contributed by atoms with Crippen molar-refractivity contribution in [2.45, 2.75) is 45.1 Å². The van der Waals surface area contributed by atoms with Gasteiger partial charge in [-0.15, -0.1) is 0 Å². The van der Waals surface area contributed by atoms with Gasteiger partial charge in [0.25, 0.3) is 0 Å². The second kappa shape index (κ2) is 8.34. The summed E-state index contributed by atoms with van der Waals surface area (Å²) in [6.45, 7) is 5.71. The minimum atomic E-state index is 0.496. The molecule has 2 N–H and O–H groups in total. The van der Waals surface area contributed by atoms with Gasteiger partial charge < -0.3 is 10.1 Å². The summed E-state index contributed by atoms with van der Waals surface area (Å²) in [5.74, 6) is 0.693. The van der Waals surface area contributed by atoms with E-state index in [9.17, 15) is 0 Å². The Kier molecular flexibility index (Phi) is 6.38. The standard InChI is InChI=1S/C17H27NO/c1-2-11-18-12-10-16(17-9-6-13-19-17)14-15-7-4-3-5-8-15/h3-5,7-8,16-18H,2,6,9-14H2,1H3/p+1/t16-,17+/m1/s1. The van der Waals surface area contributed by atoms with Gasteiger partial charge in [0.1, 0.15) is 0 Å². The molecule has 0 saturated carbocycles. The fourth-order valence-electron chi connectivity index (χ4n) is 2.99. The molecule has 0 spiro atoms. The molecule has 1 saturated heterocycles. The Bertz CT molecular complexity index is 332. The molecule has 1 heterocycles. The minimum Gasteiger partial charge on any atom is -0.378 e. The Morgan fingerprint density at radius 2 is 2.11 bits per heavy atom. The molecule has 0 unspecified atom stereocenters. The molecule has 0 radical (unpaired) electrons. The number of benzene rings is 1. The van der Waals surface area contributed by atoms with Crippen LogP contribution in [0.5, 0.6) is 0 Å². The summed E-state index contributed by atoms with van der Waals surface area (Å²) >= 11 is 0. The second-order valence-corrected chi connectivity index (χ2v) is 5.66.